The highest BCUT2D eigenvalue weighted by atomic mass is 19.4. The Bertz CT molecular complexity index is 488. The largest absolute Gasteiger partial charge is 0.574 e. The van der Waals surface area contributed by atoms with E-state index in [2.05, 4.69) is 9.72 Å². The smallest absolute Gasteiger partial charge is 0.481 e. The first-order chi connectivity index (χ1) is 8.61. The second-order valence-corrected chi connectivity index (χ2v) is 3.22. The summed E-state index contributed by atoms with van der Waals surface area (Å²) in [6.07, 6.45) is -9.95. The van der Waals surface area contributed by atoms with Crippen LogP contribution in [0.5, 0.6) is 5.88 Å². The fourth-order valence-corrected chi connectivity index (χ4v) is 1.28. The molecule has 0 saturated carbocycles. The lowest BCUT2D eigenvalue weighted by molar-refractivity contribution is -0.276. The number of alkyl halides is 5. The van der Waals surface area contributed by atoms with Crippen LogP contribution in [0.4, 0.5) is 26.3 Å². The molecule has 10 heteroatoms. The van der Waals surface area contributed by atoms with E-state index in [1.165, 1.54) is 0 Å². The summed E-state index contributed by atoms with van der Waals surface area (Å²) in [6, 6.07) is 0. The molecule has 0 aromatic carbocycles. The SMILES string of the molecule is O=C(O)Cc1c(OC(F)(F)F)ncc(F)c1C(F)F. The first kappa shape index (κ1) is 15.1. The number of ether oxygens (including phenoxy) is 1. The molecule has 0 spiro atoms. The van der Waals surface area contributed by atoms with E-state index in [-0.39, 0.29) is 6.20 Å². The molecule has 0 unspecified atom stereocenters. The number of hydrogen-bond donors (Lipinski definition) is 1. The minimum atomic E-state index is -5.27. The van der Waals surface area contributed by atoms with Gasteiger partial charge in [-0.3, -0.25) is 4.79 Å². The lowest BCUT2D eigenvalue weighted by Gasteiger charge is -2.14. The molecule has 0 radical (unpaired) electrons. The van der Waals surface area contributed by atoms with Crippen molar-refractivity contribution < 1.29 is 41.0 Å². The van der Waals surface area contributed by atoms with E-state index < -0.39 is 48.0 Å². The Morgan fingerprint density at radius 1 is 1.42 bits per heavy atom. The highest BCUT2D eigenvalue weighted by Gasteiger charge is 2.35. The normalized spacial score (nSPS) is 11.7. The molecule has 1 aromatic heterocycles. The Morgan fingerprint density at radius 3 is 2.42 bits per heavy atom. The van der Waals surface area contributed by atoms with Gasteiger partial charge in [0, 0.05) is 5.56 Å². The number of hydrogen-bond acceptors (Lipinski definition) is 3. The first-order valence-corrected chi connectivity index (χ1v) is 4.54. The van der Waals surface area contributed by atoms with Gasteiger partial charge < -0.3 is 9.84 Å². The number of rotatable bonds is 4. The molecule has 0 saturated heterocycles. The Hall–Kier alpha value is -2.00. The van der Waals surface area contributed by atoms with Crippen LogP contribution in [-0.4, -0.2) is 22.4 Å². The maximum Gasteiger partial charge on any atom is 0.574 e. The van der Waals surface area contributed by atoms with Crippen LogP contribution in [0.3, 0.4) is 0 Å². The number of carbonyl (C=O) groups is 1. The minimum absolute atomic E-state index is 0.105. The molecule has 19 heavy (non-hydrogen) atoms. The molecule has 0 aliphatic heterocycles. The first-order valence-electron chi connectivity index (χ1n) is 4.54. The maximum absolute atomic E-state index is 13.1. The van der Waals surface area contributed by atoms with Gasteiger partial charge in [0.2, 0.25) is 5.88 Å². The van der Waals surface area contributed by atoms with Crippen molar-refractivity contribution in [1.82, 2.24) is 4.98 Å². The van der Waals surface area contributed by atoms with E-state index in [1.54, 1.807) is 0 Å². The van der Waals surface area contributed by atoms with Crippen molar-refractivity contribution in [1.29, 1.82) is 0 Å². The molecule has 1 heterocycles. The summed E-state index contributed by atoms with van der Waals surface area (Å²) in [7, 11) is 0. The Labute approximate surface area is 101 Å². The van der Waals surface area contributed by atoms with E-state index >= 15 is 0 Å². The lowest BCUT2D eigenvalue weighted by Crippen LogP contribution is -2.21. The number of pyridine rings is 1. The van der Waals surface area contributed by atoms with Crippen LogP contribution in [0, 0.1) is 5.82 Å². The van der Waals surface area contributed by atoms with E-state index in [1.807, 2.05) is 0 Å². The fourth-order valence-electron chi connectivity index (χ4n) is 1.28. The zero-order chi connectivity index (χ0) is 14.8. The van der Waals surface area contributed by atoms with Crippen LogP contribution >= 0.6 is 0 Å². The molecule has 1 aromatic rings. The van der Waals surface area contributed by atoms with Crippen molar-refractivity contribution in [2.24, 2.45) is 0 Å². The van der Waals surface area contributed by atoms with Crippen LogP contribution in [0.1, 0.15) is 17.6 Å². The fraction of sp³-hybridized carbons (Fsp3) is 0.333. The van der Waals surface area contributed by atoms with Gasteiger partial charge in [-0.2, -0.15) is 0 Å². The highest BCUT2D eigenvalue weighted by Crippen LogP contribution is 2.33. The molecule has 0 atom stereocenters. The maximum atomic E-state index is 13.1. The average Bonchev–Trinajstić information content (AvgIpc) is 2.19. The second-order valence-electron chi connectivity index (χ2n) is 3.22. The summed E-state index contributed by atoms with van der Waals surface area (Å²) in [5, 5.41) is 8.45. The molecule has 0 aliphatic carbocycles. The van der Waals surface area contributed by atoms with Crippen LogP contribution in [0.2, 0.25) is 0 Å². The predicted molar refractivity (Wildman–Crippen MR) is 47.2 cm³/mol. The molecule has 0 aliphatic rings. The van der Waals surface area contributed by atoms with Gasteiger partial charge in [0.15, 0.2) is 5.82 Å². The van der Waals surface area contributed by atoms with Crippen LogP contribution in [0.25, 0.3) is 0 Å². The van der Waals surface area contributed by atoms with E-state index in [0.717, 1.165) is 0 Å². The summed E-state index contributed by atoms with van der Waals surface area (Å²) in [5.74, 6) is -4.76. The Kier molecular flexibility index (Phi) is 4.22. The van der Waals surface area contributed by atoms with Gasteiger partial charge in [-0.05, 0) is 0 Å². The summed E-state index contributed by atoms with van der Waals surface area (Å²) < 4.78 is 77.5. The number of carboxylic acid groups (broad SMARTS) is 1. The summed E-state index contributed by atoms with van der Waals surface area (Å²) in [5.41, 5.74) is -2.63. The van der Waals surface area contributed by atoms with Crippen molar-refractivity contribution >= 4 is 5.97 Å². The zero-order valence-corrected chi connectivity index (χ0v) is 8.84. The molecule has 1 rings (SSSR count). The highest BCUT2D eigenvalue weighted by molar-refractivity contribution is 5.71. The van der Waals surface area contributed by atoms with Crippen molar-refractivity contribution in [2.45, 2.75) is 19.2 Å². The molecule has 0 amide bonds. The number of halogens is 6. The third-order valence-electron chi connectivity index (χ3n) is 1.89. The van der Waals surface area contributed by atoms with Gasteiger partial charge in [-0.25, -0.2) is 18.2 Å². The van der Waals surface area contributed by atoms with Crippen LogP contribution < -0.4 is 4.74 Å². The van der Waals surface area contributed by atoms with Gasteiger partial charge >= 0.3 is 12.3 Å². The number of aliphatic carboxylic acids is 1. The molecular formula is C9H5F6NO3. The lowest BCUT2D eigenvalue weighted by atomic mass is 10.1. The topological polar surface area (TPSA) is 59.4 Å². The summed E-state index contributed by atoms with van der Waals surface area (Å²) >= 11 is 0. The standard InChI is InChI=1S/C9H5F6NO3/c10-4-2-16-8(19-9(13,14)15)3(1-5(17)18)6(4)7(11)12/h2,7H,1H2,(H,17,18). The van der Waals surface area contributed by atoms with Crippen LogP contribution in [0.15, 0.2) is 6.20 Å². The second kappa shape index (κ2) is 5.33. The summed E-state index contributed by atoms with van der Waals surface area (Å²) in [6.45, 7) is 0. The number of carboxylic acids is 1. The van der Waals surface area contributed by atoms with Gasteiger partial charge in [0.05, 0.1) is 18.2 Å². The molecule has 0 fully saturated rings. The minimum Gasteiger partial charge on any atom is -0.481 e. The van der Waals surface area contributed by atoms with Gasteiger partial charge in [0.1, 0.15) is 0 Å². The molecule has 4 nitrogen and oxygen atoms in total. The molecule has 0 bridgehead atoms. The van der Waals surface area contributed by atoms with E-state index in [0.29, 0.717) is 0 Å². The quantitative estimate of drug-likeness (QED) is 0.866. The van der Waals surface area contributed by atoms with Gasteiger partial charge in [-0.1, -0.05) is 0 Å². The molecule has 1 N–H and O–H groups in total. The molecular weight excluding hydrogens is 284 g/mol. The predicted octanol–water partition coefficient (Wildman–Crippen LogP) is 2.68. The Morgan fingerprint density at radius 2 is 2.00 bits per heavy atom. The third-order valence-corrected chi connectivity index (χ3v) is 1.89. The van der Waals surface area contributed by atoms with Gasteiger partial charge in [0.25, 0.3) is 6.43 Å². The number of nitrogens with zero attached hydrogens (tertiary/aromatic N) is 1. The van der Waals surface area contributed by atoms with Crippen molar-refractivity contribution in [3.05, 3.63) is 23.1 Å². The number of aromatic nitrogens is 1. The average molecular weight is 289 g/mol. The third kappa shape index (κ3) is 4.00. The zero-order valence-electron chi connectivity index (χ0n) is 8.84. The van der Waals surface area contributed by atoms with E-state index in [9.17, 15) is 31.1 Å². The van der Waals surface area contributed by atoms with Gasteiger partial charge in [-0.15, -0.1) is 13.2 Å². The monoisotopic (exact) mass is 289 g/mol. The van der Waals surface area contributed by atoms with Crippen molar-refractivity contribution in [3.63, 3.8) is 0 Å². The Balaban J connectivity index is 3.38. The van der Waals surface area contributed by atoms with Crippen LogP contribution in [-0.2, 0) is 11.2 Å². The van der Waals surface area contributed by atoms with Crippen molar-refractivity contribution in [3.8, 4) is 5.88 Å². The van der Waals surface area contributed by atoms with Crippen molar-refractivity contribution in [2.75, 3.05) is 0 Å². The van der Waals surface area contributed by atoms with E-state index in [4.69, 9.17) is 5.11 Å². The summed E-state index contributed by atoms with van der Waals surface area (Å²) in [4.78, 5) is 13.3. The molecule has 106 valence electrons.